The third-order valence-electron chi connectivity index (χ3n) is 5.31. The zero-order valence-electron chi connectivity index (χ0n) is 10.6. The first-order chi connectivity index (χ1) is 9.72. The van der Waals surface area contributed by atoms with Crippen molar-refractivity contribution in [3.8, 4) is 0 Å². The standard InChI is InChI=1S/C13H14BrN5O/c14-6-1-3-7(4-2-6)19-13-5-8-10(16-15-8)9(12(13)20)11(13)17-18-19/h1-4,8-12,15-16,20H,5H2. The molecule has 1 aromatic rings. The molecule has 0 amide bonds. The molecular formula is C13H14BrN5O. The van der Waals surface area contributed by atoms with E-state index in [9.17, 15) is 5.11 Å². The second kappa shape index (κ2) is 3.59. The van der Waals surface area contributed by atoms with Crippen molar-refractivity contribution in [2.75, 3.05) is 5.01 Å². The van der Waals surface area contributed by atoms with Crippen LogP contribution in [0.25, 0.3) is 0 Å². The average Bonchev–Trinajstić information content (AvgIpc) is 2.77. The molecule has 5 aliphatic rings. The van der Waals surface area contributed by atoms with E-state index in [4.69, 9.17) is 0 Å². The van der Waals surface area contributed by atoms with Crippen LogP contribution in [0.2, 0.25) is 0 Å². The highest BCUT2D eigenvalue weighted by atomic mass is 79.9. The summed E-state index contributed by atoms with van der Waals surface area (Å²) in [5.41, 5.74) is 7.08. The number of aliphatic hydroxyl groups excluding tert-OH is 1. The molecule has 2 heterocycles. The molecule has 3 aliphatic carbocycles. The van der Waals surface area contributed by atoms with Gasteiger partial charge in [-0.3, -0.25) is 10.9 Å². The van der Waals surface area contributed by atoms with Crippen molar-refractivity contribution in [1.29, 1.82) is 0 Å². The molecule has 7 heteroatoms. The van der Waals surface area contributed by atoms with E-state index in [0.717, 1.165) is 16.6 Å². The first kappa shape index (κ1) is 11.6. The molecule has 0 radical (unpaired) electrons. The van der Waals surface area contributed by atoms with E-state index in [1.165, 1.54) is 0 Å². The van der Waals surface area contributed by atoms with Gasteiger partial charge in [-0.05, 0) is 30.7 Å². The van der Waals surface area contributed by atoms with Gasteiger partial charge in [0.1, 0.15) is 11.6 Å². The Morgan fingerprint density at radius 3 is 2.80 bits per heavy atom. The highest BCUT2D eigenvalue weighted by Gasteiger charge is 2.76. The summed E-state index contributed by atoms with van der Waals surface area (Å²) in [6, 6.07) is 8.87. The van der Waals surface area contributed by atoms with E-state index in [-0.39, 0.29) is 23.6 Å². The monoisotopic (exact) mass is 335 g/mol. The number of nitrogens with one attached hydrogen (secondary N) is 2. The molecule has 6 unspecified atom stereocenters. The van der Waals surface area contributed by atoms with E-state index in [2.05, 4.69) is 37.1 Å². The molecule has 1 spiro atoms. The van der Waals surface area contributed by atoms with Gasteiger partial charge in [-0.1, -0.05) is 21.2 Å². The number of halogens is 1. The maximum Gasteiger partial charge on any atom is 0.117 e. The Morgan fingerprint density at radius 1 is 1.30 bits per heavy atom. The number of aliphatic hydroxyl groups is 1. The smallest absolute Gasteiger partial charge is 0.117 e. The lowest BCUT2D eigenvalue weighted by Gasteiger charge is -2.67. The van der Waals surface area contributed by atoms with Crippen LogP contribution in [0, 0.1) is 5.92 Å². The number of rotatable bonds is 1. The molecule has 6 atom stereocenters. The van der Waals surface area contributed by atoms with Crippen molar-refractivity contribution in [3.05, 3.63) is 28.7 Å². The fraction of sp³-hybridized carbons (Fsp3) is 0.538. The molecule has 2 aliphatic heterocycles. The minimum absolute atomic E-state index is 0.108. The molecule has 104 valence electrons. The third kappa shape index (κ3) is 1.13. The van der Waals surface area contributed by atoms with Gasteiger partial charge in [0.2, 0.25) is 0 Å². The van der Waals surface area contributed by atoms with Gasteiger partial charge in [0, 0.05) is 22.5 Å². The summed E-state index contributed by atoms with van der Waals surface area (Å²) in [5, 5.41) is 21.4. The van der Waals surface area contributed by atoms with E-state index >= 15 is 0 Å². The van der Waals surface area contributed by atoms with E-state index in [1.807, 2.05) is 29.3 Å². The molecule has 4 fully saturated rings. The van der Waals surface area contributed by atoms with Gasteiger partial charge < -0.3 is 5.11 Å². The Labute approximate surface area is 124 Å². The number of anilines is 1. The van der Waals surface area contributed by atoms with Crippen molar-refractivity contribution < 1.29 is 5.11 Å². The predicted octanol–water partition coefficient (Wildman–Crippen LogP) is 0.983. The molecule has 6 rings (SSSR count). The Balaban J connectivity index is 1.56. The Kier molecular flexibility index (Phi) is 2.09. The van der Waals surface area contributed by atoms with E-state index < -0.39 is 0 Å². The van der Waals surface area contributed by atoms with Crippen LogP contribution >= 0.6 is 15.9 Å². The van der Waals surface area contributed by atoms with Crippen molar-refractivity contribution in [1.82, 2.24) is 10.9 Å². The second-order valence-corrected chi connectivity index (χ2v) is 6.99. The van der Waals surface area contributed by atoms with Gasteiger partial charge in [0.05, 0.1) is 11.8 Å². The topological polar surface area (TPSA) is 72.2 Å². The molecule has 3 saturated carbocycles. The SMILES string of the molecule is OC1C2C3NNC3CC13C2N=NN3c1ccc(Br)cc1. The van der Waals surface area contributed by atoms with Crippen LogP contribution in [0.5, 0.6) is 0 Å². The Bertz CT molecular complexity index is 607. The van der Waals surface area contributed by atoms with Gasteiger partial charge in [0.15, 0.2) is 0 Å². The number of hydrazine groups is 1. The van der Waals surface area contributed by atoms with Crippen LogP contribution in [0.15, 0.2) is 39.1 Å². The maximum absolute atomic E-state index is 10.7. The second-order valence-electron chi connectivity index (χ2n) is 6.08. The number of benzene rings is 1. The summed E-state index contributed by atoms with van der Waals surface area (Å²) in [5.74, 6) is 0.180. The largest absolute Gasteiger partial charge is 0.390 e. The van der Waals surface area contributed by atoms with Gasteiger partial charge in [-0.15, -0.1) is 0 Å². The maximum atomic E-state index is 10.7. The van der Waals surface area contributed by atoms with E-state index in [0.29, 0.717) is 12.1 Å². The number of hydrogen-bond donors (Lipinski definition) is 3. The lowest BCUT2D eigenvalue weighted by molar-refractivity contribution is -0.160. The summed E-state index contributed by atoms with van der Waals surface area (Å²) < 4.78 is 1.03. The minimum atomic E-state index is -0.373. The third-order valence-corrected chi connectivity index (χ3v) is 5.84. The van der Waals surface area contributed by atoms with Crippen LogP contribution in [0.1, 0.15) is 6.42 Å². The molecule has 6 nitrogen and oxygen atoms in total. The summed E-state index contributed by atoms with van der Waals surface area (Å²) in [6.45, 7) is 0. The van der Waals surface area contributed by atoms with Crippen molar-refractivity contribution >= 4 is 21.6 Å². The molecule has 1 saturated heterocycles. The van der Waals surface area contributed by atoms with E-state index in [1.54, 1.807) is 0 Å². The number of nitrogens with zero attached hydrogens (tertiary/aromatic N) is 3. The lowest BCUT2D eigenvalue weighted by Crippen LogP contribution is -2.90. The van der Waals surface area contributed by atoms with Crippen LogP contribution in [0.4, 0.5) is 5.69 Å². The fourth-order valence-corrected chi connectivity index (χ4v) is 4.57. The quantitative estimate of drug-likeness (QED) is 0.715. The summed E-state index contributed by atoms with van der Waals surface area (Å²) >= 11 is 3.44. The molecular weight excluding hydrogens is 322 g/mol. The van der Waals surface area contributed by atoms with Gasteiger partial charge >= 0.3 is 0 Å². The summed E-state index contributed by atoms with van der Waals surface area (Å²) in [6.07, 6.45) is 0.498. The lowest BCUT2D eigenvalue weighted by atomic mass is 9.49. The fourth-order valence-electron chi connectivity index (χ4n) is 4.30. The zero-order chi connectivity index (χ0) is 13.5. The Hall–Kier alpha value is -1.02. The van der Waals surface area contributed by atoms with Gasteiger partial charge in [-0.25, -0.2) is 5.01 Å². The normalized spacial score (nSPS) is 47.3. The average molecular weight is 336 g/mol. The molecule has 20 heavy (non-hydrogen) atoms. The summed E-state index contributed by atoms with van der Waals surface area (Å²) in [7, 11) is 0. The zero-order valence-corrected chi connectivity index (χ0v) is 12.2. The van der Waals surface area contributed by atoms with Crippen molar-refractivity contribution in [3.63, 3.8) is 0 Å². The minimum Gasteiger partial charge on any atom is -0.390 e. The molecule has 3 N–H and O–H groups in total. The van der Waals surface area contributed by atoms with Gasteiger partial charge in [0.25, 0.3) is 0 Å². The van der Waals surface area contributed by atoms with Crippen LogP contribution < -0.4 is 15.9 Å². The van der Waals surface area contributed by atoms with Crippen LogP contribution in [-0.4, -0.2) is 34.9 Å². The number of hydrogen-bond acceptors (Lipinski definition) is 6. The van der Waals surface area contributed by atoms with Crippen LogP contribution in [0.3, 0.4) is 0 Å². The highest BCUT2D eigenvalue weighted by molar-refractivity contribution is 9.10. The highest BCUT2D eigenvalue weighted by Crippen LogP contribution is 2.59. The molecule has 2 bridgehead atoms. The molecule has 0 aromatic heterocycles. The first-order valence-electron chi connectivity index (χ1n) is 6.87. The van der Waals surface area contributed by atoms with Gasteiger partial charge in [-0.2, -0.15) is 5.11 Å². The van der Waals surface area contributed by atoms with Crippen LogP contribution in [-0.2, 0) is 0 Å². The first-order valence-corrected chi connectivity index (χ1v) is 7.67. The van der Waals surface area contributed by atoms with Crippen molar-refractivity contribution in [2.45, 2.75) is 36.2 Å². The molecule has 1 aromatic carbocycles. The van der Waals surface area contributed by atoms with Crippen molar-refractivity contribution in [2.24, 2.45) is 16.3 Å². The summed E-state index contributed by atoms with van der Waals surface area (Å²) in [4.78, 5) is 0. The predicted molar refractivity (Wildman–Crippen MR) is 76.0 cm³/mol. The Morgan fingerprint density at radius 2 is 2.10 bits per heavy atom.